The van der Waals surface area contributed by atoms with Gasteiger partial charge in [-0.1, -0.05) is 57.2 Å². The van der Waals surface area contributed by atoms with Crippen LogP contribution in [0.3, 0.4) is 0 Å². The fraction of sp³-hybridized carbons (Fsp3) is 0.619. The number of hydrogen-bond acceptors (Lipinski definition) is 2. The van der Waals surface area contributed by atoms with Crippen molar-refractivity contribution in [3.63, 3.8) is 0 Å². The Labute approximate surface area is 143 Å². The minimum absolute atomic E-state index is 0.443. The van der Waals surface area contributed by atoms with Crippen LogP contribution in [0.15, 0.2) is 36.7 Å². The molecule has 1 aliphatic rings. The van der Waals surface area contributed by atoms with Crippen molar-refractivity contribution in [3.8, 4) is 0 Å². The molecule has 23 heavy (non-hydrogen) atoms. The van der Waals surface area contributed by atoms with Crippen LogP contribution in [-0.4, -0.2) is 18.0 Å². The largest absolute Gasteiger partial charge is 0.369 e. The van der Waals surface area contributed by atoms with E-state index in [2.05, 4.69) is 75.8 Å². The SMILES string of the molecule is C=C(NC1CCC(CC(C)(C)C)C1)N(C)Cc1ccc(C)cc1. The molecule has 1 aromatic carbocycles. The van der Waals surface area contributed by atoms with Crippen LogP contribution in [0.1, 0.15) is 57.6 Å². The van der Waals surface area contributed by atoms with Gasteiger partial charge >= 0.3 is 0 Å². The van der Waals surface area contributed by atoms with Gasteiger partial charge in [-0.15, -0.1) is 0 Å². The van der Waals surface area contributed by atoms with Crippen LogP contribution >= 0.6 is 0 Å². The Bertz CT molecular complexity index is 510. The summed E-state index contributed by atoms with van der Waals surface area (Å²) in [4.78, 5) is 2.22. The lowest BCUT2D eigenvalue weighted by Gasteiger charge is -2.27. The molecule has 0 aromatic heterocycles. The van der Waals surface area contributed by atoms with Gasteiger partial charge < -0.3 is 10.2 Å². The van der Waals surface area contributed by atoms with E-state index in [0.717, 1.165) is 18.3 Å². The third-order valence-electron chi connectivity index (χ3n) is 4.81. The average molecular weight is 315 g/mol. The molecule has 2 rings (SSSR count). The van der Waals surface area contributed by atoms with Crippen molar-refractivity contribution >= 4 is 0 Å². The molecule has 2 nitrogen and oxygen atoms in total. The highest BCUT2D eigenvalue weighted by Gasteiger charge is 2.28. The Morgan fingerprint density at radius 3 is 2.48 bits per heavy atom. The Balaban J connectivity index is 1.79. The minimum atomic E-state index is 0.443. The molecule has 0 saturated heterocycles. The number of aryl methyl sites for hydroxylation is 1. The van der Waals surface area contributed by atoms with Gasteiger partial charge in [0.15, 0.2) is 0 Å². The number of nitrogens with one attached hydrogen (secondary N) is 1. The lowest BCUT2D eigenvalue weighted by Crippen LogP contribution is -2.34. The van der Waals surface area contributed by atoms with Gasteiger partial charge in [-0.05, 0) is 49.5 Å². The molecular weight excluding hydrogens is 280 g/mol. The van der Waals surface area contributed by atoms with E-state index < -0.39 is 0 Å². The lowest BCUT2D eigenvalue weighted by molar-refractivity contribution is 0.291. The van der Waals surface area contributed by atoms with Crippen LogP contribution < -0.4 is 5.32 Å². The van der Waals surface area contributed by atoms with Gasteiger partial charge in [-0.3, -0.25) is 0 Å². The summed E-state index contributed by atoms with van der Waals surface area (Å²) in [5.74, 6) is 1.91. The molecule has 1 aromatic rings. The fourth-order valence-electron chi connectivity index (χ4n) is 3.67. The van der Waals surface area contributed by atoms with Crippen molar-refractivity contribution in [1.29, 1.82) is 0 Å². The molecule has 1 saturated carbocycles. The van der Waals surface area contributed by atoms with E-state index in [1.807, 2.05) is 0 Å². The monoisotopic (exact) mass is 314 g/mol. The number of rotatable bonds is 6. The molecular formula is C21H34N2. The van der Waals surface area contributed by atoms with Crippen molar-refractivity contribution in [2.75, 3.05) is 7.05 Å². The smallest absolute Gasteiger partial charge is 0.0941 e. The molecule has 128 valence electrons. The van der Waals surface area contributed by atoms with Gasteiger partial charge in [-0.25, -0.2) is 0 Å². The van der Waals surface area contributed by atoms with Crippen molar-refractivity contribution in [1.82, 2.24) is 10.2 Å². The molecule has 0 amide bonds. The molecule has 1 N–H and O–H groups in total. The number of nitrogens with zero attached hydrogens (tertiary/aromatic N) is 1. The van der Waals surface area contributed by atoms with E-state index in [1.54, 1.807) is 0 Å². The summed E-state index contributed by atoms with van der Waals surface area (Å²) in [7, 11) is 2.12. The first-order chi connectivity index (χ1) is 10.7. The molecule has 0 heterocycles. The Morgan fingerprint density at radius 2 is 1.87 bits per heavy atom. The molecule has 2 atom stereocenters. The summed E-state index contributed by atoms with van der Waals surface area (Å²) < 4.78 is 0. The molecule has 2 heteroatoms. The Morgan fingerprint density at radius 1 is 1.22 bits per heavy atom. The topological polar surface area (TPSA) is 15.3 Å². The second-order valence-corrected chi connectivity index (χ2v) is 8.57. The van der Waals surface area contributed by atoms with E-state index in [-0.39, 0.29) is 0 Å². The lowest BCUT2D eigenvalue weighted by atomic mass is 9.84. The van der Waals surface area contributed by atoms with E-state index in [0.29, 0.717) is 11.5 Å². The van der Waals surface area contributed by atoms with Gasteiger partial charge in [0.1, 0.15) is 0 Å². The first-order valence-corrected chi connectivity index (χ1v) is 8.95. The van der Waals surface area contributed by atoms with Crippen molar-refractivity contribution < 1.29 is 0 Å². The van der Waals surface area contributed by atoms with Gasteiger partial charge in [-0.2, -0.15) is 0 Å². The highest BCUT2D eigenvalue weighted by molar-refractivity contribution is 5.21. The van der Waals surface area contributed by atoms with Gasteiger partial charge in [0, 0.05) is 19.6 Å². The van der Waals surface area contributed by atoms with E-state index >= 15 is 0 Å². The van der Waals surface area contributed by atoms with E-state index in [9.17, 15) is 0 Å². The maximum atomic E-state index is 4.25. The zero-order chi connectivity index (χ0) is 17.0. The predicted molar refractivity (Wildman–Crippen MR) is 100 cm³/mol. The summed E-state index contributed by atoms with van der Waals surface area (Å²) in [5, 5.41) is 3.66. The van der Waals surface area contributed by atoms with Crippen molar-refractivity contribution in [3.05, 3.63) is 47.8 Å². The summed E-state index contributed by atoms with van der Waals surface area (Å²) in [6, 6.07) is 9.35. The molecule has 1 fully saturated rings. The first kappa shape index (κ1) is 17.9. The number of hydrogen-bond donors (Lipinski definition) is 1. The molecule has 0 bridgehead atoms. The molecule has 0 aliphatic heterocycles. The second kappa shape index (κ2) is 7.42. The predicted octanol–water partition coefficient (Wildman–Crippen LogP) is 5.09. The second-order valence-electron chi connectivity index (χ2n) is 8.57. The highest BCUT2D eigenvalue weighted by atomic mass is 15.2. The summed E-state index contributed by atoms with van der Waals surface area (Å²) in [6.07, 6.45) is 5.24. The third kappa shape index (κ3) is 5.93. The molecule has 2 unspecified atom stereocenters. The zero-order valence-electron chi connectivity index (χ0n) is 15.7. The van der Waals surface area contributed by atoms with Crippen LogP contribution in [0.25, 0.3) is 0 Å². The zero-order valence-corrected chi connectivity index (χ0v) is 15.7. The quantitative estimate of drug-likeness (QED) is 0.786. The van der Waals surface area contributed by atoms with Crippen molar-refractivity contribution in [2.24, 2.45) is 11.3 Å². The highest BCUT2D eigenvalue weighted by Crippen LogP contribution is 2.35. The van der Waals surface area contributed by atoms with E-state index in [4.69, 9.17) is 0 Å². The Kier molecular flexibility index (Phi) is 5.78. The van der Waals surface area contributed by atoms with E-state index in [1.165, 1.54) is 36.8 Å². The average Bonchev–Trinajstić information content (AvgIpc) is 2.86. The molecule has 1 aliphatic carbocycles. The number of benzene rings is 1. The third-order valence-corrected chi connectivity index (χ3v) is 4.81. The van der Waals surface area contributed by atoms with Crippen LogP contribution in [0.2, 0.25) is 0 Å². The van der Waals surface area contributed by atoms with Crippen LogP contribution in [0.4, 0.5) is 0 Å². The van der Waals surface area contributed by atoms with Crippen LogP contribution in [-0.2, 0) is 6.54 Å². The minimum Gasteiger partial charge on any atom is -0.369 e. The molecule has 0 spiro atoms. The summed E-state index contributed by atoms with van der Waals surface area (Å²) >= 11 is 0. The molecule has 0 radical (unpaired) electrons. The maximum absolute atomic E-state index is 4.25. The van der Waals surface area contributed by atoms with Crippen molar-refractivity contribution in [2.45, 2.75) is 66.0 Å². The van der Waals surface area contributed by atoms with Gasteiger partial charge in [0.2, 0.25) is 0 Å². The van der Waals surface area contributed by atoms with Gasteiger partial charge in [0.25, 0.3) is 0 Å². The fourth-order valence-corrected chi connectivity index (χ4v) is 3.67. The first-order valence-electron chi connectivity index (χ1n) is 8.95. The maximum Gasteiger partial charge on any atom is 0.0941 e. The van der Waals surface area contributed by atoms with Crippen LogP contribution in [0.5, 0.6) is 0 Å². The summed E-state index contributed by atoms with van der Waals surface area (Å²) in [6.45, 7) is 14.3. The normalized spacial score (nSPS) is 21.3. The summed E-state index contributed by atoms with van der Waals surface area (Å²) in [5.41, 5.74) is 3.08. The van der Waals surface area contributed by atoms with Gasteiger partial charge in [0.05, 0.1) is 5.82 Å². The Hall–Kier alpha value is -1.44. The standard InChI is InChI=1S/C21H34N2/c1-16-7-9-18(10-8-16)15-23(6)17(2)22-20-12-11-19(13-20)14-21(3,4)5/h7-10,19-20,22H,2,11-15H2,1,3-6H3. The van der Waals surface area contributed by atoms with Crippen LogP contribution in [0, 0.1) is 18.3 Å².